The Bertz CT molecular complexity index is 1460. The minimum absolute atomic E-state index is 0.162. The van der Waals surface area contributed by atoms with Crippen molar-refractivity contribution in [3.63, 3.8) is 0 Å². The molecule has 0 saturated carbocycles. The van der Waals surface area contributed by atoms with Crippen LogP contribution in [0.2, 0.25) is 0 Å². The van der Waals surface area contributed by atoms with Gasteiger partial charge in [0.2, 0.25) is 6.10 Å². The zero-order chi connectivity index (χ0) is 26.3. The van der Waals surface area contributed by atoms with Crippen molar-refractivity contribution >= 4 is 22.8 Å². The van der Waals surface area contributed by atoms with Crippen LogP contribution in [0.25, 0.3) is 22.3 Å². The number of carbonyl (C=O) groups excluding carboxylic acids is 2. The fourth-order valence-electron chi connectivity index (χ4n) is 5.11. The lowest BCUT2D eigenvalue weighted by atomic mass is 9.99. The highest BCUT2D eigenvalue weighted by Gasteiger charge is 2.37. The third-order valence-electron chi connectivity index (χ3n) is 6.98. The van der Waals surface area contributed by atoms with Gasteiger partial charge in [-0.25, -0.2) is 9.78 Å². The molecule has 1 N–H and O–H groups in total. The van der Waals surface area contributed by atoms with Crippen LogP contribution in [0.1, 0.15) is 67.4 Å². The molecule has 0 bridgehead atoms. The molecule has 0 aliphatic carbocycles. The molecule has 0 amide bonds. The molecule has 0 fully saturated rings. The summed E-state index contributed by atoms with van der Waals surface area (Å²) < 4.78 is 12.4. The minimum atomic E-state index is -1.27. The fraction of sp³-hybridized carbons (Fsp3) is 0.429. The van der Waals surface area contributed by atoms with Crippen molar-refractivity contribution < 1.29 is 24.2 Å². The summed E-state index contributed by atoms with van der Waals surface area (Å²) in [5.41, 5.74) is 3.90. The van der Waals surface area contributed by atoms with E-state index in [2.05, 4.69) is 6.92 Å². The van der Waals surface area contributed by atoms with E-state index in [0.717, 1.165) is 35.8 Å². The number of ether oxygens (including phenoxy) is 2. The molecule has 9 heteroatoms. The Kier molecular flexibility index (Phi) is 6.72. The van der Waals surface area contributed by atoms with E-state index in [1.165, 1.54) is 0 Å². The molecular formula is C28H31N3O6. The minimum Gasteiger partial charge on any atom is -0.508 e. The van der Waals surface area contributed by atoms with E-state index in [-0.39, 0.29) is 24.3 Å². The smallest absolute Gasteiger partial charge is 0.352 e. The first-order chi connectivity index (χ1) is 17.8. The number of hydrogen-bond donors (Lipinski definition) is 1. The monoisotopic (exact) mass is 505 g/mol. The summed E-state index contributed by atoms with van der Waals surface area (Å²) in [5, 5.41) is 11.3. The zero-order valence-corrected chi connectivity index (χ0v) is 21.4. The van der Waals surface area contributed by atoms with Crippen molar-refractivity contribution in [1.82, 2.24) is 14.5 Å². The molecule has 0 spiro atoms. The lowest BCUT2D eigenvalue weighted by Gasteiger charge is -2.25. The molecule has 2 aliphatic heterocycles. The first kappa shape index (κ1) is 25.0. The summed E-state index contributed by atoms with van der Waals surface area (Å²) in [6.45, 7) is 2.78. The molecule has 4 heterocycles. The molecule has 1 unspecified atom stereocenters. The van der Waals surface area contributed by atoms with Gasteiger partial charge in [-0.3, -0.25) is 9.59 Å². The van der Waals surface area contributed by atoms with Gasteiger partial charge in [-0.2, -0.15) is 0 Å². The summed E-state index contributed by atoms with van der Waals surface area (Å²) in [6.07, 6.45) is 2.62. The highest BCUT2D eigenvalue weighted by molar-refractivity contribution is 5.89. The average molecular weight is 506 g/mol. The topological polar surface area (TPSA) is 111 Å². The number of nitrogens with zero attached hydrogens (tertiary/aromatic N) is 3. The first-order valence-electron chi connectivity index (χ1n) is 12.7. The quantitative estimate of drug-likeness (QED) is 0.284. The van der Waals surface area contributed by atoms with E-state index in [0.29, 0.717) is 47.5 Å². The van der Waals surface area contributed by atoms with Crippen LogP contribution in [0.15, 0.2) is 29.1 Å². The molecule has 1 aromatic carbocycles. The number of phenols is 1. The van der Waals surface area contributed by atoms with Crippen molar-refractivity contribution in [3.05, 3.63) is 56.9 Å². The van der Waals surface area contributed by atoms with Crippen molar-refractivity contribution in [3.8, 4) is 17.1 Å². The molecule has 194 valence electrons. The lowest BCUT2D eigenvalue weighted by molar-refractivity contribution is -0.171. The maximum absolute atomic E-state index is 13.5. The summed E-state index contributed by atoms with van der Waals surface area (Å²) >= 11 is 0. The Labute approximate surface area is 214 Å². The van der Waals surface area contributed by atoms with E-state index < -0.39 is 18.0 Å². The number of phenolic OH excluding ortho intramolecular Hbond substituents is 1. The highest BCUT2D eigenvalue weighted by atomic mass is 16.6. The second kappa shape index (κ2) is 9.97. The summed E-state index contributed by atoms with van der Waals surface area (Å²) in [7, 11) is 3.85. The SMILES string of the molecule is CCCCCCC(=O)OC1C(=O)OCc2c1cc1n(c2=O)Cc2cc3c(CN(C)C)c(O)ccc3nc2-1. The van der Waals surface area contributed by atoms with Crippen LogP contribution in [0, 0.1) is 0 Å². The van der Waals surface area contributed by atoms with Crippen LogP contribution in [-0.4, -0.2) is 45.6 Å². The van der Waals surface area contributed by atoms with Gasteiger partial charge in [-0.05, 0) is 44.8 Å². The summed E-state index contributed by atoms with van der Waals surface area (Å²) in [5.74, 6) is -0.961. The standard InChI is InChI=1S/C28H31N3O6/c1-4-5-6-7-8-24(33)37-26-18-12-22-25-16(13-31(22)27(34)20(18)15-36-28(26)35)11-17-19(14-30(2)3)23(32)10-9-21(17)29-25/h9-12,26,32H,4-8,13-15H2,1-3H3. The van der Waals surface area contributed by atoms with Crippen molar-refractivity contribution in [1.29, 1.82) is 0 Å². The van der Waals surface area contributed by atoms with Gasteiger partial charge in [0.15, 0.2) is 0 Å². The predicted octanol–water partition coefficient (Wildman–Crippen LogP) is 3.80. The number of hydrogen-bond acceptors (Lipinski definition) is 8. The van der Waals surface area contributed by atoms with E-state index in [1.807, 2.05) is 25.1 Å². The van der Waals surface area contributed by atoms with Crippen LogP contribution in [-0.2, 0) is 38.8 Å². The summed E-state index contributed by atoms with van der Waals surface area (Å²) in [4.78, 5) is 45.4. The number of carbonyl (C=O) groups is 2. The van der Waals surface area contributed by atoms with Crippen LogP contribution in [0.3, 0.4) is 0 Å². The number of aromatic hydroxyl groups is 1. The Hall–Kier alpha value is -3.72. The molecule has 1 atom stereocenters. The second-order valence-corrected chi connectivity index (χ2v) is 10.0. The van der Waals surface area contributed by atoms with Crippen LogP contribution < -0.4 is 5.56 Å². The number of aromatic nitrogens is 2. The van der Waals surface area contributed by atoms with Crippen LogP contribution >= 0.6 is 0 Å². The number of unbranched alkanes of at least 4 members (excludes halogenated alkanes) is 3. The van der Waals surface area contributed by atoms with Crippen molar-refractivity contribution in [2.45, 2.75) is 64.8 Å². The lowest BCUT2D eigenvalue weighted by Crippen LogP contribution is -2.34. The maximum atomic E-state index is 13.5. The second-order valence-electron chi connectivity index (χ2n) is 10.0. The van der Waals surface area contributed by atoms with Crippen molar-refractivity contribution in [2.75, 3.05) is 14.1 Å². The van der Waals surface area contributed by atoms with Gasteiger partial charge in [0.05, 0.1) is 29.0 Å². The number of cyclic esters (lactones) is 1. The number of benzene rings is 1. The predicted molar refractivity (Wildman–Crippen MR) is 137 cm³/mol. The third-order valence-corrected chi connectivity index (χ3v) is 6.98. The van der Waals surface area contributed by atoms with Gasteiger partial charge in [-0.15, -0.1) is 0 Å². The van der Waals surface area contributed by atoms with E-state index in [1.54, 1.807) is 22.8 Å². The number of fused-ring (bicyclic) bond motifs is 5. The average Bonchev–Trinajstić information content (AvgIpc) is 3.22. The van der Waals surface area contributed by atoms with E-state index in [4.69, 9.17) is 14.5 Å². The fourth-order valence-corrected chi connectivity index (χ4v) is 5.11. The van der Waals surface area contributed by atoms with E-state index >= 15 is 0 Å². The summed E-state index contributed by atoms with van der Waals surface area (Å²) in [6, 6.07) is 7.08. The molecule has 5 rings (SSSR count). The third kappa shape index (κ3) is 4.59. The molecule has 9 nitrogen and oxygen atoms in total. The van der Waals surface area contributed by atoms with Gasteiger partial charge in [0.25, 0.3) is 5.56 Å². The molecule has 2 aromatic heterocycles. The molecule has 0 radical (unpaired) electrons. The van der Waals surface area contributed by atoms with Crippen molar-refractivity contribution in [2.24, 2.45) is 0 Å². The molecule has 3 aromatic rings. The maximum Gasteiger partial charge on any atom is 0.352 e. The first-order valence-corrected chi connectivity index (χ1v) is 12.7. The molecule has 0 saturated heterocycles. The Morgan fingerprint density at radius 2 is 2.03 bits per heavy atom. The Balaban J connectivity index is 1.53. The van der Waals surface area contributed by atoms with Gasteiger partial charge in [0, 0.05) is 35.0 Å². The zero-order valence-electron chi connectivity index (χ0n) is 21.4. The Morgan fingerprint density at radius 3 is 2.78 bits per heavy atom. The number of pyridine rings is 2. The molecular weight excluding hydrogens is 474 g/mol. The normalized spacial score (nSPS) is 15.9. The Morgan fingerprint density at radius 1 is 1.22 bits per heavy atom. The van der Waals surface area contributed by atoms with Gasteiger partial charge in [0.1, 0.15) is 12.4 Å². The molecule has 2 aliphatic rings. The molecule has 37 heavy (non-hydrogen) atoms. The largest absolute Gasteiger partial charge is 0.508 e. The number of rotatable bonds is 8. The van der Waals surface area contributed by atoms with Gasteiger partial charge < -0.3 is 24.0 Å². The number of esters is 2. The van der Waals surface area contributed by atoms with Crippen LogP contribution in [0.4, 0.5) is 0 Å². The van der Waals surface area contributed by atoms with E-state index in [9.17, 15) is 19.5 Å². The highest BCUT2D eigenvalue weighted by Crippen LogP contribution is 2.38. The van der Waals surface area contributed by atoms with Gasteiger partial charge in [-0.1, -0.05) is 26.2 Å². The van der Waals surface area contributed by atoms with Gasteiger partial charge >= 0.3 is 11.9 Å². The van der Waals surface area contributed by atoms with Crippen LogP contribution in [0.5, 0.6) is 5.75 Å².